The summed E-state index contributed by atoms with van der Waals surface area (Å²) in [4.78, 5) is 5.54. The first-order valence-electron chi connectivity index (χ1n) is 9.71. The zero-order valence-electron chi connectivity index (χ0n) is 16.4. The van der Waals surface area contributed by atoms with Crippen molar-refractivity contribution in [3.8, 4) is 0 Å². The quantitative estimate of drug-likeness (QED) is 0.472. The lowest BCUT2D eigenvalue weighted by Crippen LogP contribution is -2.55. The van der Waals surface area contributed by atoms with Gasteiger partial charge in [-0.25, -0.2) is 8.78 Å². The first kappa shape index (κ1) is 19.6. The number of para-hydroxylation sites is 1. The second-order valence-corrected chi connectivity index (χ2v) is 9.26. The van der Waals surface area contributed by atoms with Gasteiger partial charge in [0.15, 0.2) is 0 Å². The van der Waals surface area contributed by atoms with Crippen LogP contribution >= 0.6 is 15.9 Å². The van der Waals surface area contributed by atoms with Crippen LogP contribution in [0.2, 0.25) is 0 Å². The van der Waals surface area contributed by atoms with E-state index < -0.39 is 11.5 Å². The Balaban J connectivity index is 1.93. The van der Waals surface area contributed by atoms with Crippen LogP contribution < -0.4 is 0 Å². The molecule has 2 aromatic carbocycles. The molecule has 2 nitrogen and oxygen atoms in total. The summed E-state index contributed by atoms with van der Waals surface area (Å²) in [6, 6.07) is 16.0. The van der Waals surface area contributed by atoms with E-state index in [1.54, 1.807) is 6.92 Å². The normalized spacial score (nSPS) is 19.7. The number of hydrogen-bond acceptors (Lipinski definition) is 1. The molecule has 1 aliphatic rings. The second kappa shape index (κ2) is 6.96. The number of nitrogens with one attached hydrogen (secondary N) is 1. The van der Waals surface area contributed by atoms with Gasteiger partial charge in [-0.2, -0.15) is 0 Å². The molecule has 1 N–H and O–H groups in total. The molecule has 4 rings (SSSR count). The van der Waals surface area contributed by atoms with E-state index in [9.17, 15) is 8.78 Å². The molecule has 5 heteroatoms. The van der Waals surface area contributed by atoms with Gasteiger partial charge < -0.3 is 4.98 Å². The Bertz CT molecular complexity index is 992. The second-order valence-electron chi connectivity index (χ2n) is 8.34. The number of fused-ring (bicyclic) bond motifs is 3. The third-order valence-corrected chi connectivity index (χ3v) is 6.45. The first-order valence-corrected chi connectivity index (χ1v) is 10.5. The van der Waals surface area contributed by atoms with Crippen LogP contribution in [0.15, 0.2) is 53.0 Å². The van der Waals surface area contributed by atoms with Crippen LogP contribution in [0.5, 0.6) is 0 Å². The summed E-state index contributed by atoms with van der Waals surface area (Å²) >= 11 is 3.49. The Morgan fingerprint density at radius 2 is 1.82 bits per heavy atom. The van der Waals surface area contributed by atoms with Gasteiger partial charge in [-0.1, -0.05) is 53.2 Å². The van der Waals surface area contributed by atoms with Crippen LogP contribution in [-0.4, -0.2) is 27.9 Å². The van der Waals surface area contributed by atoms with Gasteiger partial charge in [-0.3, -0.25) is 4.90 Å². The number of alkyl halides is 2. The minimum absolute atomic E-state index is 0.161. The van der Waals surface area contributed by atoms with Gasteiger partial charge in [-0.05, 0) is 49.6 Å². The molecule has 0 saturated heterocycles. The van der Waals surface area contributed by atoms with Crippen molar-refractivity contribution in [2.45, 2.75) is 51.1 Å². The zero-order chi connectivity index (χ0) is 20.1. The SMILES string of the molecule is CCC(F)(F)CN1C(c2ccc(Br)cc2)c2[nH]c3ccccc3c2CC1(C)C. The topological polar surface area (TPSA) is 19.0 Å². The molecule has 2 heterocycles. The van der Waals surface area contributed by atoms with Gasteiger partial charge in [-0.15, -0.1) is 0 Å². The number of H-pyrrole nitrogens is 1. The molecule has 3 aromatic rings. The van der Waals surface area contributed by atoms with Crippen LogP contribution in [0, 0.1) is 0 Å². The summed E-state index contributed by atoms with van der Waals surface area (Å²) in [5.74, 6) is -2.73. The first-order chi connectivity index (χ1) is 13.2. The van der Waals surface area contributed by atoms with Crippen LogP contribution in [0.3, 0.4) is 0 Å². The minimum Gasteiger partial charge on any atom is -0.357 e. The van der Waals surface area contributed by atoms with E-state index in [0.717, 1.165) is 27.7 Å². The van der Waals surface area contributed by atoms with Gasteiger partial charge in [0.1, 0.15) is 0 Å². The number of hydrogen-bond donors (Lipinski definition) is 1. The van der Waals surface area contributed by atoms with E-state index in [1.165, 1.54) is 10.9 Å². The summed E-state index contributed by atoms with van der Waals surface area (Å²) in [6.07, 6.45) is 0.575. The highest BCUT2D eigenvalue weighted by molar-refractivity contribution is 9.10. The molecule has 0 aliphatic carbocycles. The zero-order valence-corrected chi connectivity index (χ0v) is 18.0. The van der Waals surface area contributed by atoms with E-state index in [-0.39, 0.29) is 19.0 Å². The molecule has 148 valence electrons. The van der Waals surface area contributed by atoms with Gasteiger partial charge in [0, 0.05) is 33.0 Å². The standard InChI is InChI=1S/C23H25BrF2N2/c1-4-23(25,26)14-28-21(15-9-11-16(24)12-10-15)20-18(13-22(28,2)3)17-7-5-6-8-19(17)27-20/h5-12,21,27H,4,13-14H2,1-3H3. The molecule has 1 unspecified atom stereocenters. The maximum atomic E-state index is 14.6. The molecular weight excluding hydrogens is 422 g/mol. The summed E-state index contributed by atoms with van der Waals surface area (Å²) in [5.41, 5.74) is 3.97. The van der Waals surface area contributed by atoms with Gasteiger partial charge in [0.05, 0.1) is 12.6 Å². The molecule has 0 radical (unpaired) electrons. The Morgan fingerprint density at radius 3 is 2.50 bits per heavy atom. The van der Waals surface area contributed by atoms with Crippen molar-refractivity contribution >= 4 is 26.8 Å². The molecule has 1 atom stereocenters. The van der Waals surface area contributed by atoms with Crippen molar-refractivity contribution in [2.24, 2.45) is 0 Å². The lowest BCUT2D eigenvalue weighted by atomic mass is 9.81. The van der Waals surface area contributed by atoms with Crippen molar-refractivity contribution in [3.63, 3.8) is 0 Å². The highest BCUT2D eigenvalue weighted by atomic mass is 79.9. The van der Waals surface area contributed by atoms with Crippen molar-refractivity contribution in [1.82, 2.24) is 9.88 Å². The molecule has 0 saturated carbocycles. The minimum atomic E-state index is -2.73. The van der Waals surface area contributed by atoms with Crippen LogP contribution in [0.25, 0.3) is 10.9 Å². The average molecular weight is 447 g/mol. The molecule has 1 aliphatic heterocycles. The Kier molecular flexibility index (Phi) is 4.87. The highest BCUT2D eigenvalue weighted by Gasteiger charge is 2.46. The fourth-order valence-corrected chi connectivity index (χ4v) is 4.61. The van der Waals surface area contributed by atoms with Crippen LogP contribution in [0.1, 0.15) is 50.1 Å². The van der Waals surface area contributed by atoms with E-state index >= 15 is 0 Å². The average Bonchev–Trinajstić information content (AvgIpc) is 3.00. The van der Waals surface area contributed by atoms with E-state index in [4.69, 9.17) is 0 Å². The number of nitrogens with zero attached hydrogens (tertiary/aromatic N) is 1. The molecular formula is C23H25BrF2N2. The van der Waals surface area contributed by atoms with E-state index in [2.05, 4.69) is 46.9 Å². The van der Waals surface area contributed by atoms with Crippen molar-refractivity contribution in [1.29, 1.82) is 0 Å². The van der Waals surface area contributed by atoms with E-state index in [1.807, 2.05) is 41.3 Å². The number of aromatic amines is 1. The molecule has 0 spiro atoms. The number of rotatable bonds is 4. The fraction of sp³-hybridized carbons (Fsp3) is 0.391. The van der Waals surface area contributed by atoms with Crippen molar-refractivity contribution in [3.05, 3.63) is 69.8 Å². The largest absolute Gasteiger partial charge is 0.357 e. The summed E-state index contributed by atoms with van der Waals surface area (Å²) in [6.45, 7) is 5.45. The lowest BCUT2D eigenvalue weighted by Gasteiger charge is -2.49. The smallest absolute Gasteiger partial charge is 0.260 e. The van der Waals surface area contributed by atoms with Crippen LogP contribution in [-0.2, 0) is 6.42 Å². The van der Waals surface area contributed by atoms with Gasteiger partial charge in [0.25, 0.3) is 5.92 Å². The summed E-state index contributed by atoms with van der Waals surface area (Å²) < 4.78 is 30.1. The predicted molar refractivity (Wildman–Crippen MR) is 114 cm³/mol. The Morgan fingerprint density at radius 1 is 1.14 bits per heavy atom. The predicted octanol–water partition coefficient (Wildman–Crippen LogP) is 6.70. The molecule has 0 amide bonds. The maximum absolute atomic E-state index is 14.6. The van der Waals surface area contributed by atoms with Gasteiger partial charge in [0.2, 0.25) is 0 Å². The van der Waals surface area contributed by atoms with E-state index in [0.29, 0.717) is 0 Å². The Labute approximate surface area is 173 Å². The summed E-state index contributed by atoms with van der Waals surface area (Å²) in [7, 11) is 0. The lowest BCUT2D eigenvalue weighted by molar-refractivity contribution is -0.0733. The van der Waals surface area contributed by atoms with Crippen LogP contribution in [0.4, 0.5) is 8.78 Å². The Hall–Kier alpha value is -1.72. The maximum Gasteiger partial charge on any atom is 0.260 e. The van der Waals surface area contributed by atoms with Crippen molar-refractivity contribution in [2.75, 3.05) is 6.54 Å². The highest BCUT2D eigenvalue weighted by Crippen LogP contribution is 2.46. The molecule has 0 bridgehead atoms. The summed E-state index contributed by atoms with van der Waals surface area (Å²) in [5, 5.41) is 1.19. The number of aromatic nitrogens is 1. The molecule has 1 aromatic heterocycles. The third kappa shape index (κ3) is 3.39. The number of halogens is 3. The molecule has 0 fully saturated rings. The third-order valence-electron chi connectivity index (χ3n) is 5.92. The molecule has 28 heavy (non-hydrogen) atoms. The van der Waals surface area contributed by atoms with Crippen molar-refractivity contribution < 1.29 is 8.78 Å². The van der Waals surface area contributed by atoms with Gasteiger partial charge >= 0.3 is 0 Å². The monoisotopic (exact) mass is 446 g/mol. The number of benzene rings is 2. The fourth-order valence-electron chi connectivity index (χ4n) is 4.34.